The number of aliphatic hydroxyl groups excluding tert-OH is 1. The summed E-state index contributed by atoms with van der Waals surface area (Å²) in [6.07, 6.45) is 0.556. The number of benzene rings is 1. The molecule has 1 rings (SSSR count). The van der Waals surface area contributed by atoms with E-state index in [1.165, 1.54) is 12.1 Å². The van der Waals surface area contributed by atoms with Crippen molar-refractivity contribution in [1.29, 1.82) is 0 Å². The van der Waals surface area contributed by atoms with Crippen molar-refractivity contribution in [2.75, 3.05) is 6.61 Å². The van der Waals surface area contributed by atoms with Gasteiger partial charge in [0.15, 0.2) is 0 Å². The highest BCUT2D eigenvalue weighted by Crippen LogP contribution is 2.02. The number of rotatable bonds is 1. The first kappa shape index (κ1) is 8.76. The molecule has 62 valence electrons. The van der Waals surface area contributed by atoms with Gasteiger partial charge in [-0.3, -0.25) is 0 Å². The molecule has 1 N–H and O–H groups in total. The molecule has 0 aromatic heterocycles. The quantitative estimate of drug-likeness (QED) is 0.621. The second-order valence-electron chi connectivity index (χ2n) is 2.31. The van der Waals surface area contributed by atoms with Gasteiger partial charge in [0.05, 0.1) is 0 Å². The van der Waals surface area contributed by atoms with Crippen LogP contribution in [0.2, 0.25) is 0 Å². The van der Waals surface area contributed by atoms with Crippen molar-refractivity contribution in [3.8, 4) is 11.8 Å². The first-order valence-electron chi connectivity index (χ1n) is 3.64. The monoisotopic (exact) mass is 164 g/mol. The maximum atomic E-state index is 12.4. The van der Waals surface area contributed by atoms with Gasteiger partial charge in [-0.25, -0.2) is 4.39 Å². The fourth-order valence-corrected chi connectivity index (χ4v) is 0.823. The van der Waals surface area contributed by atoms with Crippen LogP contribution in [0.3, 0.4) is 0 Å². The lowest BCUT2D eigenvalue weighted by Crippen LogP contribution is -1.82. The van der Waals surface area contributed by atoms with E-state index < -0.39 is 0 Å². The summed E-state index contributed by atoms with van der Waals surface area (Å²) < 4.78 is 12.4. The number of aliphatic hydroxyl groups is 1. The maximum Gasteiger partial charge on any atom is 0.123 e. The molecule has 1 aromatic carbocycles. The van der Waals surface area contributed by atoms with Crippen molar-refractivity contribution in [2.45, 2.75) is 6.42 Å². The van der Waals surface area contributed by atoms with E-state index in [9.17, 15) is 4.39 Å². The van der Waals surface area contributed by atoms with Crippen LogP contribution in [0, 0.1) is 17.7 Å². The molecule has 12 heavy (non-hydrogen) atoms. The molecule has 0 aliphatic rings. The summed E-state index contributed by atoms with van der Waals surface area (Å²) in [7, 11) is 0. The van der Waals surface area contributed by atoms with Crippen LogP contribution in [-0.2, 0) is 6.42 Å². The molecule has 1 aromatic rings. The molecular weight excluding hydrogens is 155 g/mol. The van der Waals surface area contributed by atoms with E-state index in [1.807, 2.05) is 0 Å². The summed E-state index contributed by atoms with van der Waals surface area (Å²) in [4.78, 5) is 0. The lowest BCUT2D eigenvalue weighted by Gasteiger charge is -1.92. The molecule has 0 saturated heterocycles. The third kappa shape index (κ3) is 2.73. The maximum absolute atomic E-state index is 12.4. The van der Waals surface area contributed by atoms with Crippen molar-refractivity contribution in [1.82, 2.24) is 0 Å². The molecule has 0 spiro atoms. The topological polar surface area (TPSA) is 20.2 Å². The molecule has 2 heteroatoms. The minimum Gasteiger partial charge on any atom is -0.384 e. The molecule has 0 amide bonds. The van der Waals surface area contributed by atoms with Gasteiger partial charge in [-0.1, -0.05) is 24.0 Å². The molecule has 0 saturated carbocycles. The molecule has 0 aliphatic carbocycles. The zero-order valence-electron chi connectivity index (χ0n) is 6.55. The lowest BCUT2D eigenvalue weighted by molar-refractivity contribution is 0.350. The van der Waals surface area contributed by atoms with Crippen molar-refractivity contribution in [2.24, 2.45) is 0 Å². The van der Waals surface area contributed by atoms with Gasteiger partial charge in [0, 0.05) is 6.42 Å². The van der Waals surface area contributed by atoms with Crippen molar-refractivity contribution < 1.29 is 9.50 Å². The van der Waals surface area contributed by atoms with Gasteiger partial charge in [0.2, 0.25) is 0 Å². The molecule has 0 radical (unpaired) electrons. The summed E-state index contributed by atoms with van der Waals surface area (Å²) in [5.41, 5.74) is 0.956. The molecule has 0 heterocycles. The predicted octanol–water partition coefficient (Wildman–Crippen LogP) is 1.36. The largest absolute Gasteiger partial charge is 0.384 e. The molecule has 0 bridgehead atoms. The average Bonchev–Trinajstić information content (AvgIpc) is 2.09. The Morgan fingerprint density at radius 1 is 1.17 bits per heavy atom. The van der Waals surface area contributed by atoms with Gasteiger partial charge in [0.1, 0.15) is 12.4 Å². The van der Waals surface area contributed by atoms with Crippen molar-refractivity contribution >= 4 is 0 Å². The fraction of sp³-hybridized carbons (Fsp3) is 0.200. The Morgan fingerprint density at radius 3 is 2.42 bits per heavy atom. The van der Waals surface area contributed by atoms with Crippen LogP contribution in [0.4, 0.5) is 4.39 Å². The zero-order chi connectivity index (χ0) is 8.81. The molecule has 0 unspecified atom stereocenters. The Balaban J connectivity index is 2.59. The highest BCUT2D eigenvalue weighted by atomic mass is 19.1. The summed E-state index contributed by atoms with van der Waals surface area (Å²) >= 11 is 0. The van der Waals surface area contributed by atoms with E-state index in [-0.39, 0.29) is 12.4 Å². The van der Waals surface area contributed by atoms with Crippen LogP contribution < -0.4 is 0 Å². The fourth-order valence-electron chi connectivity index (χ4n) is 0.823. The first-order chi connectivity index (χ1) is 5.83. The normalized spacial score (nSPS) is 8.83. The van der Waals surface area contributed by atoms with Crippen LogP contribution in [0.25, 0.3) is 0 Å². The second kappa shape index (κ2) is 4.53. The number of halogens is 1. The zero-order valence-corrected chi connectivity index (χ0v) is 6.55. The third-order valence-electron chi connectivity index (χ3n) is 1.41. The van der Waals surface area contributed by atoms with Gasteiger partial charge < -0.3 is 5.11 Å². The first-order valence-corrected chi connectivity index (χ1v) is 3.64. The van der Waals surface area contributed by atoms with Gasteiger partial charge in [-0.2, -0.15) is 0 Å². The van der Waals surface area contributed by atoms with Gasteiger partial charge in [-0.15, -0.1) is 0 Å². The Kier molecular flexibility index (Phi) is 3.31. The third-order valence-corrected chi connectivity index (χ3v) is 1.41. The molecule has 1 nitrogen and oxygen atoms in total. The van der Waals surface area contributed by atoms with Crippen molar-refractivity contribution in [3.05, 3.63) is 35.6 Å². The Labute approximate surface area is 70.9 Å². The van der Waals surface area contributed by atoms with Crippen LogP contribution in [0.1, 0.15) is 5.56 Å². The Morgan fingerprint density at radius 2 is 1.83 bits per heavy atom. The lowest BCUT2D eigenvalue weighted by atomic mass is 10.1. The smallest absolute Gasteiger partial charge is 0.123 e. The SMILES string of the molecule is OCC#CCc1ccc(F)cc1. The van der Waals surface area contributed by atoms with Gasteiger partial charge in [0.25, 0.3) is 0 Å². The van der Waals surface area contributed by atoms with Crippen LogP contribution in [-0.4, -0.2) is 11.7 Å². The Bertz CT molecular complexity index is 292. The summed E-state index contributed by atoms with van der Waals surface area (Å²) in [5, 5.41) is 8.35. The molecular formula is C10H9FO. The van der Waals surface area contributed by atoms with Crippen LogP contribution >= 0.6 is 0 Å². The molecule has 0 atom stereocenters. The Hall–Kier alpha value is -1.33. The van der Waals surface area contributed by atoms with Crippen LogP contribution in [0.5, 0.6) is 0 Å². The van der Waals surface area contributed by atoms with Crippen molar-refractivity contribution in [3.63, 3.8) is 0 Å². The second-order valence-corrected chi connectivity index (χ2v) is 2.31. The van der Waals surface area contributed by atoms with E-state index >= 15 is 0 Å². The van der Waals surface area contributed by atoms with Crippen LogP contribution in [0.15, 0.2) is 24.3 Å². The number of hydrogen-bond donors (Lipinski definition) is 1. The highest BCUT2D eigenvalue weighted by Gasteiger charge is 1.89. The van der Waals surface area contributed by atoms with E-state index in [2.05, 4.69) is 11.8 Å². The minimum absolute atomic E-state index is 0.124. The average molecular weight is 164 g/mol. The minimum atomic E-state index is -0.242. The molecule has 0 aliphatic heterocycles. The number of hydrogen-bond acceptors (Lipinski definition) is 1. The standard InChI is InChI=1S/C10H9FO/c11-10-6-4-9(5-7-10)3-1-2-8-12/h4-7,12H,3,8H2. The summed E-state index contributed by atoms with van der Waals surface area (Å²) in [5.74, 6) is 5.03. The highest BCUT2D eigenvalue weighted by molar-refractivity contribution is 5.21. The molecule has 0 fully saturated rings. The van der Waals surface area contributed by atoms with Gasteiger partial charge >= 0.3 is 0 Å². The van der Waals surface area contributed by atoms with E-state index in [0.29, 0.717) is 6.42 Å². The van der Waals surface area contributed by atoms with Gasteiger partial charge in [-0.05, 0) is 17.7 Å². The summed E-state index contributed by atoms with van der Waals surface area (Å²) in [6, 6.07) is 6.16. The van der Waals surface area contributed by atoms with E-state index in [1.54, 1.807) is 12.1 Å². The van der Waals surface area contributed by atoms with E-state index in [4.69, 9.17) is 5.11 Å². The van der Waals surface area contributed by atoms with E-state index in [0.717, 1.165) is 5.56 Å². The summed E-state index contributed by atoms with van der Waals surface area (Å²) in [6.45, 7) is -0.124. The predicted molar refractivity (Wildman–Crippen MR) is 45.0 cm³/mol.